The third-order valence-electron chi connectivity index (χ3n) is 4.85. The van der Waals surface area contributed by atoms with Gasteiger partial charge in [0.1, 0.15) is 23.2 Å². The molecule has 0 aliphatic carbocycles. The van der Waals surface area contributed by atoms with Gasteiger partial charge in [-0.1, -0.05) is 0 Å². The van der Waals surface area contributed by atoms with Crippen LogP contribution >= 0.6 is 0 Å². The van der Waals surface area contributed by atoms with Gasteiger partial charge >= 0.3 is 12.4 Å². The predicted molar refractivity (Wildman–Crippen MR) is 104 cm³/mol. The molecule has 2 heterocycles. The van der Waals surface area contributed by atoms with Crippen LogP contribution in [0.1, 0.15) is 22.8 Å². The Morgan fingerprint density at radius 2 is 1.88 bits per heavy atom. The van der Waals surface area contributed by atoms with Crippen molar-refractivity contribution in [3.63, 3.8) is 0 Å². The standard InChI is InChI=1S/C19H19F6N5O3/c1-26-16-12(19(23,24)25)7-27-17(29-16)28-13-6-11(18(20,21)22)10(5-14(13)32-2)15-8-30(9-31)3-4-33-15/h5-7,9,15H,3-4,8H2,1-2H3,(H2,26,27,28,29). The number of anilines is 3. The van der Waals surface area contributed by atoms with Gasteiger partial charge in [-0.05, 0) is 17.7 Å². The molecule has 2 aromatic rings. The van der Waals surface area contributed by atoms with Crippen LogP contribution in [0.4, 0.5) is 43.8 Å². The molecule has 1 unspecified atom stereocenters. The maximum absolute atomic E-state index is 13.9. The lowest BCUT2D eigenvalue weighted by Gasteiger charge is -2.32. The predicted octanol–water partition coefficient (Wildman–Crippen LogP) is 3.84. The summed E-state index contributed by atoms with van der Waals surface area (Å²) in [5.41, 5.74) is -2.67. The number of halogens is 6. The molecule has 1 aromatic heterocycles. The molecular formula is C19H19F6N5O3. The molecule has 1 atom stereocenters. The third kappa shape index (κ3) is 5.38. The van der Waals surface area contributed by atoms with Gasteiger partial charge in [0.15, 0.2) is 0 Å². The van der Waals surface area contributed by atoms with Crippen molar-refractivity contribution in [2.45, 2.75) is 18.5 Å². The van der Waals surface area contributed by atoms with Gasteiger partial charge in [-0.15, -0.1) is 0 Å². The number of hydrogen-bond donors (Lipinski definition) is 2. The lowest BCUT2D eigenvalue weighted by Crippen LogP contribution is -2.38. The molecule has 0 bridgehead atoms. The monoisotopic (exact) mass is 479 g/mol. The van der Waals surface area contributed by atoms with Gasteiger partial charge in [-0.25, -0.2) is 4.98 Å². The average Bonchev–Trinajstić information content (AvgIpc) is 2.77. The highest BCUT2D eigenvalue weighted by molar-refractivity contribution is 5.67. The lowest BCUT2D eigenvalue weighted by molar-refractivity contribution is -0.141. The second-order valence-corrected chi connectivity index (χ2v) is 6.93. The van der Waals surface area contributed by atoms with E-state index in [1.807, 2.05) is 0 Å². The van der Waals surface area contributed by atoms with Crippen molar-refractivity contribution in [3.05, 3.63) is 35.0 Å². The number of rotatable bonds is 6. The van der Waals surface area contributed by atoms with Crippen molar-refractivity contribution in [3.8, 4) is 5.75 Å². The van der Waals surface area contributed by atoms with Crippen LogP contribution in [-0.4, -0.2) is 55.1 Å². The Kier molecular flexibility index (Phi) is 6.86. The summed E-state index contributed by atoms with van der Waals surface area (Å²) in [5, 5.41) is 4.76. The highest BCUT2D eigenvalue weighted by atomic mass is 19.4. The van der Waals surface area contributed by atoms with Crippen molar-refractivity contribution in [1.29, 1.82) is 0 Å². The van der Waals surface area contributed by atoms with Gasteiger partial charge < -0.3 is 25.0 Å². The summed E-state index contributed by atoms with van der Waals surface area (Å²) in [6.07, 6.45) is -9.55. The first kappa shape index (κ1) is 24.4. The van der Waals surface area contributed by atoms with E-state index in [1.54, 1.807) is 0 Å². The molecule has 8 nitrogen and oxygen atoms in total. The number of ether oxygens (including phenoxy) is 2. The van der Waals surface area contributed by atoms with Crippen LogP contribution in [0.3, 0.4) is 0 Å². The fourth-order valence-electron chi connectivity index (χ4n) is 3.29. The number of hydrogen-bond acceptors (Lipinski definition) is 7. The van der Waals surface area contributed by atoms with Crippen molar-refractivity contribution >= 4 is 23.9 Å². The quantitative estimate of drug-likeness (QED) is 0.481. The Hall–Kier alpha value is -3.29. The SMILES string of the molecule is CNc1nc(Nc2cc(C(F)(F)F)c(C3CN(C=O)CCO3)cc2OC)ncc1C(F)(F)F. The number of nitrogens with zero attached hydrogens (tertiary/aromatic N) is 3. The Morgan fingerprint density at radius 1 is 1.18 bits per heavy atom. The number of carbonyl (C=O) groups is 1. The van der Waals surface area contributed by atoms with Gasteiger partial charge in [-0.3, -0.25) is 4.79 Å². The topological polar surface area (TPSA) is 88.6 Å². The lowest BCUT2D eigenvalue weighted by atomic mass is 9.99. The maximum Gasteiger partial charge on any atom is 0.421 e. The maximum atomic E-state index is 13.9. The van der Waals surface area contributed by atoms with Crippen molar-refractivity contribution in [2.75, 3.05) is 44.5 Å². The molecule has 0 spiro atoms. The number of morpholine rings is 1. The number of amides is 1. The molecular weight excluding hydrogens is 460 g/mol. The number of carbonyl (C=O) groups excluding carboxylic acids is 1. The van der Waals surface area contributed by atoms with E-state index in [0.717, 1.165) is 12.1 Å². The summed E-state index contributed by atoms with van der Waals surface area (Å²) in [4.78, 5) is 19.6. The van der Waals surface area contributed by atoms with Crippen LogP contribution in [0.15, 0.2) is 18.3 Å². The van der Waals surface area contributed by atoms with Crippen LogP contribution in [-0.2, 0) is 21.9 Å². The van der Waals surface area contributed by atoms with E-state index in [1.165, 1.54) is 19.1 Å². The van der Waals surface area contributed by atoms with Gasteiger partial charge in [0, 0.05) is 19.8 Å². The molecule has 3 rings (SSSR count). The fourth-order valence-corrected chi connectivity index (χ4v) is 3.29. The largest absolute Gasteiger partial charge is 0.495 e. The molecule has 1 amide bonds. The summed E-state index contributed by atoms with van der Waals surface area (Å²) in [5.74, 6) is -0.997. The van der Waals surface area contributed by atoms with E-state index in [0.29, 0.717) is 12.6 Å². The van der Waals surface area contributed by atoms with Crippen molar-refractivity contribution in [2.24, 2.45) is 0 Å². The molecule has 1 aromatic carbocycles. The molecule has 14 heteroatoms. The first-order chi connectivity index (χ1) is 15.5. The summed E-state index contributed by atoms with van der Waals surface area (Å²) in [6, 6.07) is 1.84. The average molecular weight is 479 g/mol. The zero-order chi connectivity index (χ0) is 24.4. The molecule has 1 saturated heterocycles. The van der Waals surface area contributed by atoms with E-state index in [4.69, 9.17) is 9.47 Å². The molecule has 1 aliphatic rings. The summed E-state index contributed by atoms with van der Waals surface area (Å²) in [6.45, 7) is 0.211. The molecule has 180 valence electrons. The highest BCUT2D eigenvalue weighted by Gasteiger charge is 2.38. The zero-order valence-electron chi connectivity index (χ0n) is 17.3. The van der Waals surface area contributed by atoms with E-state index in [-0.39, 0.29) is 42.6 Å². The Labute approximate surface area is 183 Å². The molecule has 1 aliphatic heterocycles. The van der Waals surface area contributed by atoms with E-state index in [9.17, 15) is 31.1 Å². The summed E-state index contributed by atoms with van der Waals surface area (Å²) in [7, 11) is 2.43. The number of aromatic nitrogens is 2. The normalized spacial score (nSPS) is 17.0. The second kappa shape index (κ2) is 9.29. The molecule has 0 saturated carbocycles. The van der Waals surface area contributed by atoms with E-state index < -0.39 is 35.4 Å². The number of methoxy groups -OCH3 is 1. The molecule has 1 fully saturated rings. The van der Waals surface area contributed by atoms with Crippen molar-refractivity contribution < 1.29 is 40.6 Å². The van der Waals surface area contributed by atoms with Gasteiger partial charge in [-0.2, -0.15) is 31.3 Å². The Balaban J connectivity index is 2.04. The first-order valence-corrected chi connectivity index (χ1v) is 9.47. The van der Waals surface area contributed by atoms with Gasteiger partial charge in [0.25, 0.3) is 0 Å². The van der Waals surface area contributed by atoms with Crippen LogP contribution in [0, 0.1) is 0 Å². The molecule has 33 heavy (non-hydrogen) atoms. The minimum absolute atomic E-state index is 0.0508. The zero-order valence-corrected chi connectivity index (χ0v) is 17.3. The number of alkyl halides is 6. The van der Waals surface area contributed by atoms with Gasteiger partial charge in [0.2, 0.25) is 12.4 Å². The number of nitrogens with one attached hydrogen (secondary N) is 2. The smallest absolute Gasteiger partial charge is 0.421 e. The fraction of sp³-hybridized carbons (Fsp3) is 0.421. The minimum Gasteiger partial charge on any atom is -0.495 e. The van der Waals surface area contributed by atoms with Crippen LogP contribution in [0.5, 0.6) is 5.75 Å². The Bertz CT molecular complexity index is 1010. The Morgan fingerprint density at radius 3 is 2.45 bits per heavy atom. The molecule has 0 radical (unpaired) electrons. The first-order valence-electron chi connectivity index (χ1n) is 9.47. The minimum atomic E-state index is -4.80. The van der Waals surface area contributed by atoms with E-state index >= 15 is 0 Å². The van der Waals surface area contributed by atoms with E-state index in [2.05, 4.69) is 20.6 Å². The number of benzene rings is 1. The van der Waals surface area contributed by atoms with Crippen molar-refractivity contribution in [1.82, 2.24) is 14.9 Å². The van der Waals surface area contributed by atoms with Crippen LogP contribution < -0.4 is 15.4 Å². The third-order valence-corrected chi connectivity index (χ3v) is 4.85. The summed E-state index contributed by atoms with van der Waals surface area (Å²) < 4.78 is 91.4. The second-order valence-electron chi connectivity index (χ2n) is 6.93. The van der Waals surface area contributed by atoms with Crippen LogP contribution in [0.2, 0.25) is 0 Å². The summed E-state index contributed by atoms with van der Waals surface area (Å²) >= 11 is 0. The highest BCUT2D eigenvalue weighted by Crippen LogP contribution is 2.42. The molecule has 2 N–H and O–H groups in total. The van der Waals surface area contributed by atoms with Gasteiger partial charge in [0.05, 0.1) is 31.5 Å². The van der Waals surface area contributed by atoms with Crippen LogP contribution in [0.25, 0.3) is 0 Å².